The third-order valence-electron chi connectivity index (χ3n) is 3.94. The summed E-state index contributed by atoms with van der Waals surface area (Å²) in [5.41, 5.74) is 2.20. The first-order valence-electron chi connectivity index (χ1n) is 7.28. The maximum atomic E-state index is 12.7. The summed E-state index contributed by atoms with van der Waals surface area (Å²) in [4.78, 5) is 27.3. The Balaban J connectivity index is 1.87. The number of nitro benzene ring substituents is 1. The van der Waals surface area contributed by atoms with E-state index in [-0.39, 0.29) is 22.5 Å². The number of rotatable bonds is 3. The number of imidazole rings is 1. The molecule has 0 radical (unpaired) electrons. The first-order chi connectivity index (χ1) is 12.1. The second kappa shape index (κ2) is 5.28. The van der Waals surface area contributed by atoms with E-state index in [9.17, 15) is 20.2 Å². The summed E-state index contributed by atoms with van der Waals surface area (Å²) in [5.74, 6) is -0.430. The lowest BCUT2D eigenvalue weighted by Crippen LogP contribution is -2.05. The van der Waals surface area contributed by atoms with Crippen LogP contribution in [0, 0.1) is 21.4 Å². The molecule has 0 saturated heterocycles. The van der Waals surface area contributed by atoms with Crippen LogP contribution in [0.2, 0.25) is 0 Å². The van der Waals surface area contributed by atoms with Crippen LogP contribution in [0.1, 0.15) is 21.6 Å². The Morgan fingerprint density at radius 1 is 1.20 bits per heavy atom. The summed E-state index contributed by atoms with van der Waals surface area (Å²) in [6.45, 7) is 0. The quantitative estimate of drug-likeness (QED) is 0.352. The zero-order valence-electron chi connectivity index (χ0n) is 12.6. The summed E-state index contributed by atoms with van der Waals surface area (Å²) in [6.07, 6.45) is 0. The van der Waals surface area contributed by atoms with Crippen molar-refractivity contribution < 1.29 is 9.72 Å². The van der Waals surface area contributed by atoms with E-state index < -0.39 is 10.7 Å². The molecule has 0 fully saturated rings. The Bertz CT molecular complexity index is 1190. The van der Waals surface area contributed by atoms with Crippen LogP contribution in [-0.2, 0) is 0 Å². The van der Waals surface area contributed by atoms with Crippen molar-refractivity contribution in [3.8, 4) is 6.07 Å². The summed E-state index contributed by atoms with van der Waals surface area (Å²) < 4.78 is 1.59. The van der Waals surface area contributed by atoms with E-state index >= 15 is 0 Å². The van der Waals surface area contributed by atoms with Gasteiger partial charge >= 0.3 is 0 Å². The fourth-order valence-electron chi connectivity index (χ4n) is 2.74. The summed E-state index contributed by atoms with van der Waals surface area (Å²) in [5, 5.41) is 23.1. The van der Waals surface area contributed by atoms with Gasteiger partial charge in [0.05, 0.1) is 16.0 Å². The van der Waals surface area contributed by atoms with E-state index in [1.807, 2.05) is 30.3 Å². The van der Waals surface area contributed by atoms with Crippen LogP contribution >= 0.6 is 0 Å². The van der Waals surface area contributed by atoms with Crippen LogP contribution in [0.4, 0.5) is 5.69 Å². The van der Waals surface area contributed by atoms with E-state index in [4.69, 9.17) is 0 Å². The lowest BCUT2D eigenvalue weighted by atomic mass is 10.1. The average Bonchev–Trinajstić information content (AvgIpc) is 3.16. The van der Waals surface area contributed by atoms with Gasteiger partial charge in [0.2, 0.25) is 5.78 Å². The highest BCUT2D eigenvalue weighted by molar-refractivity contribution is 6.10. The zero-order chi connectivity index (χ0) is 17.6. The largest absolute Gasteiger partial charge is 0.287 e. The zero-order valence-corrected chi connectivity index (χ0v) is 12.6. The number of hydrogen-bond donors (Lipinski definition) is 1. The third kappa shape index (κ3) is 2.14. The molecule has 0 saturated carbocycles. The summed E-state index contributed by atoms with van der Waals surface area (Å²) in [6, 6.07) is 14.6. The Morgan fingerprint density at radius 3 is 2.60 bits per heavy atom. The summed E-state index contributed by atoms with van der Waals surface area (Å²) >= 11 is 0. The molecule has 0 aliphatic rings. The molecular weight excluding hydrogens is 322 g/mol. The molecule has 8 heteroatoms. The molecule has 120 valence electrons. The Hall–Kier alpha value is -3.99. The molecule has 0 atom stereocenters. The normalized spacial score (nSPS) is 10.8. The number of nitriles is 1. The van der Waals surface area contributed by atoms with Crippen molar-refractivity contribution in [1.29, 1.82) is 5.26 Å². The molecular formula is C17H9N5O3. The highest BCUT2D eigenvalue weighted by Gasteiger charge is 2.22. The van der Waals surface area contributed by atoms with Crippen LogP contribution in [0.15, 0.2) is 48.5 Å². The molecule has 4 aromatic rings. The van der Waals surface area contributed by atoms with Crippen molar-refractivity contribution in [2.24, 2.45) is 0 Å². The number of nitrogens with one attached hydrogen (secondary N) is 1. The molecule has 0 aliphatic heterocycles. The van der Waals surface area contributed by atoms with Gasteiger partial charge in [-0.3, -0.25) is 20.0 Å². The number of non-ortho nitro benzene ring substituents is 1. The molecule has 25 heavy (non-hydrogen) atoms. The van der Waals surface area contributed by atoms with Gasteiger partial charge < -0.3 is 0 Å². The van der Waals surface area contributed by atoms with Crippen molar-refractivity contribution in [3.05, 3.63) is 75.5 Å². The van der Waals surface area contributed by atoms with Gasteiger partial charge in [-0.15, -0.1) is 0 Å². The van der Waals surface area contributed by atoms with E-state index in [1.54, 1.807) is 4.52 Å². The molecule has 2 aromatic heterocycles. The second-order valence-corrected chi connectivity index (χ2v) is 5.37. The van der Waals surface area contributed by atoms with Crippen molar-refractivity contribution in [3.63, 3.8) is 0 Å². The Labute approximate surface area is 140 Å². The minimum atomic E-state index is -0.538. The fourth-order valence-corrected chi connectivity index (χ4v) is 2.74. The fraction of sp³-hybridized carbons (Fsp3) is 0. The van der Waals surface area contributed by atoms with Gasteiger partial charge in [0.25, 0.3) is 5.69 Å². The number of H-pyrrole nitrogens is 1. The van der Waals surface area contributed by atoms with Crippen molar-refractivity contribution in [2.75, 3.05) is 0 Å². The molecule has 0 bridgehead atoms. The van der Waals surface area contributed by atoms with E-state index in [2.05, 4.69) is 10.1 Å². The second-order valence-electron chi connectivity index (χ2n) is 5.37. The molecule has 0 aliphatic carbocycles. The number of benzene rings is 2. The number of carbonyl (C=O) groups is 1. The highest BCUT2D eigenvalue weighted by Crippen LogP contribution is 2.23. The van der Waals surface area contributed by atoms with Crippen LogP contribution in [0.25, 0.3) is 16.7 Å². The third-order valence-corrected chi connectivity index (χ3v) is 3.94. The van der Waals surface area contributed by atoms with Gasteiger partial charge in [0, 0.05) is 17.7 Å². The number of nitro groups is 1. The topological polar surface area (TPSA) is 117 Å². The number of para-hydroxylation sites is 2. The predicted octanol–water partition coefficient (Wildman–Crippen LogP) is 2.83. The van der Waals surface area contributed by atoms with Gasteiger partial charge in [-0.2, -0.15) is 5.26 Å². The maximum Gasteiger partial charge on any atom is 0.269 e. The van der Waals surface area contributed by atoms with E-state index in [1.165, 1.54) is 24.3 Å². The van der Waals surface area contributed by atoms with Crippen molar-refractivity contribution in [2.45, 2.75) is 0 Å². The summed E-state index contributed by atoms with van der Waals surface area (Å²) in [7, 11) is 0. The lowest BCUT2D eigenvalue weighted by Gasteiger charge is -1.99. The number of aromatic nitrogens is 3. The standard InChI is InChI=1S/C17H9N5O3/c18-9-12-15(16(23)10-5-7-11(8-6-10)22(24)25)20-21-14-4-2-1-3-13(14)19-17(12)21/h1-8,20H. The lowest BCUT2D eigenvalue weighted by molar-refractivity contribution is -0.384. The molecule has 2 aromatic carbocycles. The minimum Gasteiger partial charge on any atom is -0.287 e. The van der Waals surface area contributed by atoms with E-state index in [0.29, 0.717) is 11.2 Å². The molecule has 0 spiro atoms. The number of fused-ring (bicyclic) bond motifs is 3. The van der Waals surface area contributed by atoms with E-state index in [0.717, 1.165) is 5.52 Å². The van der Waals surface area contributed by atoms with Gasteiger partial charge in [0.1, 0.15) is 17.3 Å². The SMILES string of the molecule is N#Cc1c(C(=O)c2ccc([N+](=O)[O-])cc2)[nH]n2c1nc1ccccc12. The number of ketones is 1. The molecule has 4 rings (SSSR count). The number of carbonyl (C=O) groups excluding carboxylic acids is 1. The molecule has 1 N–H and O–H groups in total. The maximum absolute atomic E-state index is 12.7. The smallest absolute Gasteiger partial charge is 0.269 e. The van der Waals surface area contributed by atoms with Crippen molar-refractivity contribution >= 4 is 28.2 Å². The molecule has 8 nitrogen and oxygen atoms in total. The van der Waals surface area contributed by atoms with Gasteiger partial charge in [0.15, 0.2) is 5.65 Å². The first kappa shape index (κ1) is 14.6. The molecule has 2 heterocycles. The molecule has 0 amide bonds. The van der Waals surface area contributed by atoms with Gasteiger partial charge in [-0.1, -0.05) is 12.1 Å². The van der Waals surface area contributed by atoms with Crippen LogP contribution in [-0.4, -0.2) is 25.3 Å². The Morgan fingerprint density at radius 2 is 1.92 bits per heavy atom. The van der Waals surface area contributed by atoms with Gasteiger partial charge in [-0.25, -0.2) is 9.50 Å². The average molecular weight is 331 g/mol. The van der Waals surface area contributed by atoms with Crippen LogP contribution < -0.4 is 0 Å². The number of nitrogens with zero attached hydrogens (tertiary/aromatic N) is 4. The number of hydrogen-bond acceptors (Lipinski definition) is 5. The highest BCUT2D eigenvalue weighted by atomic mass is 16.6. The Kier molecular flexibility index (Phi) is 3.08. The molecule has 0 unspecified atom stereocenters. The minimum absolute atomic E-state index is 0.101. The van der Waals surface area contributed by atoms with Crippen LogP contribution in [0.3, 0.4) is 0 Å². The number of aromatic amines is 1. The van der Waals surface area contributed by atoms with Crippen molar-refractivity contribution in [1.82, 2.24) is 14.6 Å². The van der Waals surface area contributed by atoms with Crippen LogP contribution in [0.5, 0.6) is 0 Å². The monoisotopic (exact) mass is 331 g/mol. The predicted molar refractivity (Wildman–Crippen MR) is 88.3 cm³/mol. The first-order valence-corrected chi connectivity index (χ1v) is 7.28. The van der Waals surface area contributed by atoms with Gasteiger partial charge in [-0.05, 0) is 24.3 Å².